The summed E-state index contributed by atoms with van der Waals surface area (Å²) in [5, 5.41) is 5.53. The number of hydrogen-bond acceptors (Lipinski definition) is 8. The number of hydrogen-bond donors (Lipinski definition) is 2. The maximum absolute atomic E-state index is 12.9. The van der Waals surface area contributed by atoms with Gasteiger partial charge in [0, 0.05) is 18.7 Å². The van der Waals surface area contributed by atoms with Gasteiger partial charge in [-0.1, -0.05) is 0 Å². The van der Waals surface area contributed by atoms with Gasteiger partial charge in [0.25, 0.3) is 5.91 Å². The number of rotatable bonds is 6. The third-order valence-electron chi connectivity index (χ3n) is 5.44. The first kappa shape index (κ1) is 22.9. The SMILES string of the molecule is COc1ccc(NC(=O)CCNC(=O)C2OC3OC(C)(C)OC3C3OC(C)(C)OC23)cc1. The molecule has 0 aromatic heterocycles. The normalized spacial score (nSPS) is 32.0. The first-order valence-electron chi connectivity index (χ1n) is 10.7. The highest BCUT2D eigenvalue weighted by Crippen LogP contribution is 2.44. The highest BCUT2D eigenvalue weighted by Gasteiger charge is 2.62. The quantitative estimate of drug-likeness (QED) is 0.671. The van der Waals surface area contributed by atoms with Crippen LogP contribution in [-0.2, 0) is 33.3 Å². The molecule has 2 amide bonds. The van der Waals surface area contributed by atoms with Crippen LogP contribution in [0.25, 0.3) is 0 Å². The Hall–Kier alpha value is -2.24. The molecule has 0 radical (unpaired) electrons. The molecule has 1 aromatic carbocycles. The summed E-state index contributed by atoms with van der Waals surface area (Å²) in [5.41, 5.74) is 0.645. The van der Waals surface area contributed by atoms with E-state index in [1.165, 1.54) is 0 Å². The Morgan fingerprint density at radius 3 is 2.25 bits per heavy atom. The number of anilines is 1. The van der Waals surface area contributed by atoms with E-state index in [1.54, 1.807) is 59.1 Å². The average Bonchev–Trinajstić information content (AvgIpc) is 3.21. The van der Waals surface area contributed by atoms with Crippen molar-refractivity contribution in [2.24, 2.45) is 0 Å². The van der Waals surface area contributed by atoms with E-state index in [9.17, 15) is 9.59 Å². The summed E-state index contributed by atoms with van der Waals surface area (Å²) in [6.07, 6.45) is -3.28. The fourth-order valence-electron chi connectivity index (χ4n) is 4.12. The molecule has 176 valence electrons. The van der Waals surface area contributed by atoms with Gasteiger partial charge in [-0.25, -0.2) is 0 Å². The predicted molar refractivity (Wildman–Crippen MR) is 112 cm³/mol. The van der Waals surface area contributed by atoms with E-state index in [-0.39, 0.29) is 18.9 Å². The van der Waals surface area contributed by atoms with E-state index in [2.05, 4.69) is 10.6 Å². The molecule has 32 heavy (non-hydrogen) atoms. The monoisotopic (exact) mass is 450 g/mol. The van der Waals surface area contributed by atoms with Gasteiger partial charge in [0.2, 0.25) is 5.91 Å². The van der Waals surface area contributed by atoms with E-state index in [0.29, 0.717) is 11.4 Å². The summed E-state index contributed by atoms with van der Waals surface area (Å²) < 4.78 is 34.7. The maximum atomic E-state index is 12.9. The molecule has 0 spiro atoms. The second-order valence-electron chi connectivity index (χ2n) is 8.91. The van der Waals surface area contributed by atoms with Gasteiger partial charge in [-0.3, -0.25) is 9.59 Å². The first-order valence-corrected chi connectivity index (χ1v) is 10.7. The summed E-state index contributed by atoms with van der Waals surface area (Å²) in [7, 11) is 1.57. The average molecular weight is 450 g/mol. The van der Waals surface area contributed by atoms with Crippen LogP contribution in [0.15, 0.2) is 24.3 Å². The van der Waals surface area contributed by atoms with Gasteiger partial charge in [-0.15, -0.1) is 0 Å². The summed E-state index contributed by atoms with van der Waals surface area (Å²) in [6, 6.07) is 6.99. The standard InChI is InChI=1S/C22H30N2O8/c1-21(2)29-15-16(30-21)18-20(32-22(3,4)31-18)28-17(15)19(26)23-11-10-14(25)24-12-6-8-13(27-5)9-7-12/h6-9,15-18,20H,10-11H2,1-5H3,(H,23,26)(H,24,25). The van der Waals surface area contributed by atoms with Crippen molar-refractivity contribution in [2.75, 3.05) is 19.0 Å². The molecule has 1 aromatic rings. The molecule has 10 heteroatoms. The summed E-state index contributed by atoms with van der Waals surface area (Å²) in [5.74, 6) is -1.68. The Labute approximate surface area is 186 Å². The largest absolute Gasteiger partial charge is 0.497 e. The third kappa shape index (κ3) is 4.89. The Morgan fingerprint density at radius 1 is 0.938 bits per heavy atom. The lowest BCUT2D eigenvalue weighted by molar-refractivity contribution is -0.231. The van der Waals surface area contributed by atoms with E-state index >= 15 is 0 Å². The molecule has 3 aliphatic rings. The van der Waals surface area contributed by atoms with Gasteiger partial charge < -0.3 is 39.1 Å². The Morgan fingerprint density at radius 2 is 1.56 bits per heavy atom. The number of benzene rings is 1. The number of carbonyl (C=O) groups is 2. The van der Waals surface area contributed by atoms with E-state index in [0.717, 1.165) is 0 Å². The van der Waals surface area contributed by atoms with Crippen LogP contribution in [0.4, 0.5) is 5.69 Å². The minimum atomic E-state index is -0.954. The predicted octanol–water partition coefficient (Wildman–Crippen LogP) is 1.54. The van der Waals surface area contributed by atoms with Crippen LogP contribution >= 0.6 is 0 Å². The highest BCUT2D eigenvalue weighted by atomic mass is 16.9. The fraction of sp³-hybridized carbons (Fsp3) is 0.636. The van der Waals surface area contributed by atoms with Crippen molar-refractivity contribution in [3.8, 4) is 5.75 Å². The van der Waals surface area contributed by atoms with Crippen molar-refractivity contribution in [3.63, 3.8) is 0 Å². The Balaban J connectivity index is 1.32. The number of nitrogens with one attached hydrogen (secondary N) is 2. The molecule has 5 atom stereocenters. The number of amides is 2. The molecule has 3 fully saturated rings. The molecule has 3 saturated heterocycles. The molecule has 10 nitrogen and oxygen atoms in total. The maximum Gasteiger partial charge on any atom is 0.252 e. The van der Waals surface area contributed by atoms with E-state index < -0.39 is 48.2 Å². The van der Waals surface area contributed by atoms with Crippen molar-refractivity contribution < 1.29 is 38.0 Å². The van der Waals surface area contributed by atoms with Crippen LogP contribution in [0.2, 0.25) is 0 Å². The van der Waals surface area contributed by atoms with Gasteiger partial charge in [-0.05, 0) is 52.0 Å². The fourth-order valence-corrected chi connectivity index (χ4v) is 4.12. The van der Waals surface area contributed by atoms with Crippen LogP contribution in [-0.4, -0.2) is 67.7 Å². The van der Waals surface area contributed by atoms with Crippen LogP contribution < -0.4 is 15.4 Å². The van der Waals surface area contributed by atoms with Gasteiger partial charge in [0.1, 0.15) is 24.1 Å². The smallest absolute Gasteiger partial charge is 0.252 e. The van der Waals surface area contributed by atoms with E-state index in [4.69, 9.17) is 28.4 Å². The van der Waals surface area contributed by atoms with Crippen molar-refractivity contribution in [2.45, 2.75) is 76.4 Å². The molecule has 5 unspecified atom stereocenters. The third-order valence-corrected chi connectivity index (χ3v) is 5.44. The summed E-state index contributed by atoms with van der Waals surface area (Å²) in [4.78, 5) is 25.1. The highest BCUT2D eigenvalue weighted by molar-refractivity contribution is 5.91. The number of carbonyl (C=O) groups excluding carboxylic acids is 2. The van der Waals surface area contributed by atoms with Crippen molar-refractivity contribution in [1.82, 2.24) is 5.32 Å². The molecular weight excluding hydrogens is 420 g/mol. The molecule has 0 aliphatic carbocycles. The first-order chi connectivity index (χ1) is 15.1. The number of fused-ring (bicyclic) bond motifs is 3. The van der Waals surface area contributed by atoms with Crippen LogP contribution in [0, 0.1) is 0 Å². The van der Waals surface area contributed by atoms with E-state index in [1.807, 2.05) is 0 Å². The molecule has 3 aliphatic heterocycles. The minimum absolute atomic E-state index is 0.0974. The second kappa shape index (κ2) is 8.60. The van der Waals surface area contributed by atoms with Crippen molar-refractivity contribution in [1.29, 1.82) is 0 Å². The van der Waals surface area contributed by atoms with Gasteiger partial charge in [-0.2, -0.15) is 0 Å². The Kier molecular flexibility index (Phi) is 6.17. The molecule has 3 heterocycles. The Bertz CT molecular complexity index is 856. The summed E-state index contributed by atoms with van der Waals surface area (Å²) >= 11 is 0. The minimum Gasteiger partial charge on any atom is -0.497 e. The second-order valence-corrected chi connectivity index (χ2v) is 8.91. The molecule has 0 saturated carbocycles. The van der Waals surface area contributed by atoms with Crippen LogP contribution in [0.3, 0.4) is 0 Å². The van der Waals surface area contributed by atoms with Gasteiger partial charge in [0.05, 0.1) is 7.11 Å². The topological polar surface area (TPSA) is 114 Å². The zero-order valence-corrected chi connectivity index (χ0v) is 18.9. The molecule has 0 bridgehead atoms. The number of methoxy groups -OCH3 is 1. The zero-order valence-electron chi connectivity index (χ0n) is 18.9. The van der Waals surface area contributed by atoms with Gasteiger partial charge >= 0.3 is 0 Å². The molecule has 2 N–H and O–H groups in total. The zero-order chi connectivity index (χ0) is 23.1. The van der Waals surface area contributed by atoms with Crippen LogP contribution in [0.5, 0.6) is 5.75 Å². The lowest BCUT2D eigenvalue weighted by Crippen LogP contribution is -2.59. The lowest BCUT2D eigenvalue weighted by atomic mass is 9.98. The summed E-state index contributed by atoms with van der Waals surface area (Å²) in [6.45, 7) is 7.25. The molecule has 4 rings (SSSR count). The van der Waals surface area contributed by atoms with Crippen LogP contribution in [0.1, 0.15) is 34.1 Å². The van der Waals surface area contributed by atoms with Crippen molar-refractivity contribution >= 4 is 17.5 Å². The van der Waals surface area contributed by atoms with Crippen molar-refractivity contribution in [3.05, 3.63) is 24.3 Å². The number of ether oxygens (including phenoxy) is 6. The van der Waals surface area contributed by atoms with Gasteiger partial charge in [0.15, 0.2) is 24.0 Å². The molecular formula is C22H30N2O8. The lowest BCUT2D eigenvalue weighted by Gasteiger charge is -2.36.